The summed E-state index contributed by atoms with van der Waals surface area (Å²) in [6.45, 7) is 1.15. The topological polar surface area (TPSA) is 77.9 Å². The van der Waals surface area contributed by atoms with Crippen LogP contribution < -0.4 is 9.47 Å². The molecule has 5 aromatic carbocycles. The second-order valence-electron chi connectivity index (χ2n) is 10.9. The Kier molecular flexibility index (Phi) is 10.2. The smallest absolute Gasteiger partial charge is 0.354 e. The summed E-state index contributed by atoms with van der Waals surface area (Å²) in [5, 5.41) is 11.1. The molecule has 0 aliphatic heterocycles. The van der Waals surface area contributed by atoms with Gasteiger partial charge in [0.2, 0.25) is 0 Å². The molecule has 47 heavy (non-hydrogen) atoms. The predicted molar refractivity (Wildman–Crippen MR) is 182 cm³/mol. The van der Waals surface area contributed by atoms with E-state index in [9.17, 15) is 9.90 Å². The molecule has 6 aromatic rings. The maximum absolute atomic E-state index is 12.8. The lowest BCUT2D eigenvalue weighted by atomic mass is 9.98. The van der Waals surface area contributed by atoms with Crippen molar-refractivity contribution in [3.63, 3.8) is 0 Å². The minimum atomic E-state index is -1.15. The van der Waals surface area contributed by atoms with Crippen molar-refractivity contribution in [1.82, 2.24) is 4.98 Å². The van der Waals surface area contributed by atoms with Crippen LogP contribution in [0, 0.1) is 11.8 Å². The summed E-state index contributed by atoms with van der Waals surface area (Å²) in [5.74, 6) is 5.96. The molecule has 6 heteroatoms. The molecule has 0 unspecified atom stereocenters. The van der Waals surface area contributed by atoms with Crippen LogP contribution in [-0.4, -0.2) is 22.7 Å². The number of ether oxygens (including phenoxy) is 3. The van der Waals surface area contributed by atoms with Gasteiger partial charge >= 0.3 is 5.97 Å². The van der Waals surface area contributed by atoms with Gasteiger partial charge in [0.1, 0.15) is 31.1 Å². The third kappa shape index (κ3) is 8.04. The molecule has 1 aromatic heterocycles. The van der Waals surface area contributed by atoms with Crippen LogP contribution in [0.15, 0.2) is 133 Å². The van der Waals surface area contributed by atoms with Crippen molar-refractivity contribution in [2.75, 3.05) is 6.61 Å². The van der Waals surface area contributed by atoms with Crippen LogP contribution in [0.1, 0.15) is 43.9 Å². The second-order valence-corrected chi connectivity index (χ2v) is 10.9. The molecule has 1 heterocycles. The fourth-order valence-corrected chi connectivity index (χ4v) is 5.25. The maximum atomic E-state index is 12.8. The average Bonchev–Trinajstić information content (AvgIpc) is 3.11. The average molecular weight is 620 g/mol. The first kappa shape index (κ1) is 31.1. The summed E-state index contributed by atoms with van der Waals surface area (Å²) >= 11 is 0. The van der Waals surface area contributed by atoms with Crippen LogP contribution in [0.4, 0.5) is 0 Å². The zero-order valence-electron chi connectivity index (χ0n) is 25.8. The largest absolute Gasteiger partial charge is 0.488 e. The van der Waals surface area contributed by atoms with E-state index in [2.05, 4.69) is 11.8 Å². The number of nitrogens with zero attached hydrogens (tertiary/aromatic N) is 1. The van der Waals surface area contributed by atoms with Crippen molar-refractivity contribution in [2.24, 2.45) is 0 Å². The van der Waals surface area contributed by atoms with Crippen molar-refractivity contribution in [3.8, 4) is 23.3 Å². The standard InChI is InChI=1S/C41H33NO5/c43-41(44)38-36(26-30-14-5-1-6-15-30)40(47-29-33-20-11-4-12-21-33)35-24-23-34(22-13-25-45-27-31-16-7-2-8-17-31)39(37(35)42-38)46-28-32-18-9-3-10-19-32/h1-12,14-21,23-24H,25-29H2,(H,43,44). The summed E-state index contributed by atoms with van der Waals surface area (Å²) in [4.78, 5) is 17.6. The molecule has 1 N–H and O–H groups in total. The Morgan fingerprint density at radius 2 is 1.13 bits per heavy atom. The molecule has 0 aliphatic rings. The van der Waals surface area contributed by atoms with Crippen molar-refractivity contribution >= 4 is 16.9 Å². The van der Waals surface area contributed by atoms with Crippen molar-refractivity contribution in [1.29, 1.82) is 0 Å². The van der Waals surface area contributed by atoms with Gasteiger partial charge in [-0.3, -0.25) is 0 Å². The zero-order valence-corrected chi connectivity index (χ0v) is 25.8. The van der Waals surface area contributed by atoms with Gasteiger partial charge < -0.3 is 19.3 Å². The normalized spacial score (nSPS) is 10.6. The van der Waals surface area contributed by atoms with Crippen molar-refractivity contribution < 1.29 is 24.1 Å². The van der Waals surface area contributed by atoms with Gasteiger partial charge in [-0.05, 0) is 34.4 Å². The molecule has 0 aliphatic carbocycles. The highest BCUT2D eigenvalue weighted by atomic mass is 16.5. The molecule has 0 atom stereocenters. The van der Waals surface area contributed by atoms with Gasteiger partial charge in [-0.1, -0.05) is 133 Å². The molecule has 0 fully saturated rings. The fourth-order valence-electron chi connectivity index (χ4n) is 5.25. The van der Waals surface area contributed by atoms with Gasteiger partial charge in [-0.15, -0.1) is 0 Å². The third-order valence-electron chi connectivity index (χ3n) is 7.55. The molecule has 6 rings (SSSR count). The maximum Gasteiger partial charge on any atom is 0.354 e. The molecule has 0 radical (unpaired) electrons. The number of hydrogen-bond donors (Lipinski definition) is 1. The number of aromatic carboxylic acids is 1. The van der Waals surface area contributed by atoms with E-state index in [1.54, 1.807) is 0 Å². The van der Waals surface area contributed by atoms with Crippen LogP contribution in [0.3, 0.4) is 0 Å². The molecular weight excluding hydrogens is 586 g/mol. The van der Waals surface area contributed by atoms with E-state index in [1.165, 1.54) is 0 Å². The number of aromatic nitrogens is 1. The second kappa shape index (κ2) is 15.4. The van der Waals surface area contributed by atoms with E-state index in [4.69, 9.17) is 19.2 Å². The zero-order chi connectivity index (χ0) is 32.3. The SMILES string of the molecule is O=C(O)c1nc2c(OCc3ccccc3)c(C#CCOCc3ccccc3)ccc2c(OCc2ccccc2)c1Cc1ccccc1. The number of hydrogen-bond acceptors (Lipinski definition) is 5. The van der Waals surface area contributed by atoms with Crippen molar-refractivity contribution in [2.45, 2.75) is 26.2 Å². The number of carbonyl (C=O) groups is 1. The van der Waals surface area contributed by atoms with Gasteiger partial charge in [0.25, 0.3) is 0 Å². The summed E-state index contributed by atoms with van der Waals surface area (Å²) in [6.07, 6.45) is 0.329. The van der Waals surface area contributed by atoms with E-state index in [1.807, 2.05) is 133 Å². The molecule has 0 bridgehead atoms. The van der Waals surface area contributed by atoms with Crippen LogP contribution in [0.5, 0.6) is 11.5 Å². The Morgan fingerprint density at radius 1 is 0.617 bits per heavy atom. The van der Waals surface area contributed by atoms with Crippen LogP contribution >= 0.6 is 0 Å². The Bertz CT molecular complexity index is 2000. The number of pyridine rings is 1. The van der Waals surface area contributed by atoms with E-state index in [0.717, 1.165) is 22.3 Å². The Hall–Kier alpha value is -5.90. The van der Waals surface area contributed by atoms with Crippen LogP contribution in [0.25, 0.3) is 10.9 Å². The first-order valence-corrected chi connectivity index (χ1v) is 15.4. The summed E-state index contributed by atoms with van der Waals surface area (Å²) in [5.41, 5.74) is 5.26. The monoisotopic (exact) mass is 619 g/mol. The van der Waals surface area contributed by atoms with Crippen molar-refractivity contribution in [3.05, 3.63) is 173 Å². The van der Waals surface area contributed by atoms with Crippen LogP contribution in [0.2, 0.25) is 0 Å². The quantitative estimate of drug-likeness (QED) is 0.110. The van der Waals surface area contributed by atoms with Gasteiger partial charge in [-0.25, -0.2) is 9.78 Å². The van der Waals surface area contributed by atoms with Crippen LogP contribution in [-0.2, 0) is 31.0 Å². The number of benzene rings is 5. The Labute approximate surface area is 274 Å². The van der Waals surface area contributed by atoms with Gasteiger partial charge in [0.15, 0.2) is 11.4 Å². The van der Waals surface area contributed by atoms with E-state index in [-0.39, 0.29) is 25.5 Å². The van der Waals surface area contributed by atoms with Gasteiger partial charge in [0.05, 0.1) is 12.2 Å². The molecule has 232 valence electrons. The Morgan fingerprint density at radius 3 is 1.68 bits per heavy atom. The fraction of sp³-hybridized carbons (Fsp3) is 0.122. The number of carboxylic acids is 1. The summed E-state index contributed by atoms with van der Waals surface area (Å²) < 4.78 is 18.7. The molecule has 0 saturated carbocycles. The highest BCUT2D eigenvalue weighted by Gasteiger charge is 2.24. The molecule has 0 saturated heterocycles. The van der Waals surface area contributed by atoms with E-state index < -0.39 is 5.97 Å². The molecule has 6 nitrogen and oxygen atoms in total. The minimum absolute atomic E-state index is 0.0923. The molecule has 0 spiro atoms. The minimum Gasteiger partial charge on any atom is -0.488 e. The lowest BCUT2D eigenvalue weighted by Gasteiger charge is -2.19. The highest BCUT2D eigenvalue weighted by Crippen LogP contribution is 2.39. The summed E-state index contributed by atoms with van der Waals surface area (Å²) in [7, 11) is 0. The van der Waals surface area contributed by atoms with E-state index in [0.29, 0.717) is 46.6 Å². The highest BCUT2D eigenvalue weighted by molar-refractivity contribution is 5.99. The Balaban J connectivity index is 1.44. The summed E-state index contributed by atoms with van der Waals surface area (Å²) in [6, 6.07) is 42.9. The van der Waals surface area contributed by atoms with Gasteiger partial charge in [-0.2, -0.15) is 0 Å². The number of fused-ring (bicyclic) bond motifs is 1. The first-order chi connectivity index (χ1) is 23.2. The molecular formula is C41H33NO5. The molecule has 0 amide bonds. The van der Waals surface area contributed by atoms with E-state index >= 15 is 0 Å². The predicted octanol–water partition coefficient (Wildman–Crippen LogP) is 8.25. The third-order valence-corrected chi connectivity index (χ3v) is 7.55. The lowest BCUT2D eigenvalue weighted by Crippen LogP contribution is -2.11. The van der Waals surface area contributed by atoms with Gasteiger partial charge in [0, 0.05) is 17.4 Å². The number of rotatable bonds is 12. The first-order valence-electron chi connectivity index (χ1n) is 15.4. The number of carboxylic acid groups (broad SMARTS) is 1. The lowest BCUT2D eigenvalue weighted by molar-refractivity contribution is 0.0689.